The Morgan fingerprint density at radius 2 is 1.53 bits per heavy atom. The van der Waals surface area contributed by atoms with Gasteiger partial charge in [-0.05, 0) is 0 Å². The van der Waals surface area contributed by atoms with Crippen LogP contribution in [0.4, 0.5) is 26.3 Å². The van der Waals surface area contributed by atoms with Crippen molar-refractivity contribution < 1.29 is 39.6 Å². The first-order valence-electron chi connectivity index (χ1n) is 3.87. The van der Waals surface area contributed by atoms with Gasteiger partial charge in [-0.15, -0.1) is 0 Å². The van der Waals surface area contributed by atoms with Crippen LogP contribution in [0.3, 0.4) is 0 Å². The lowest BCUT2D eigenvalue weighted by Gasteiger charge is -2.29. The molecule has 1 N–H and O–H groups in total. The molecule has 0 fully saturated rings. The zero-order valence-corrected chi connectivity index (χ0v) is 9.00. The molecule has 0 atom stereocenters. The van der Waals surface area contributed by atoms with E-state index < -0.39 is 40.6 Å². The van der Waals surface area contributed by atoms with Gasteiger partial charge in [-0.3, -0.25) is 0 Å². The maximum Gasteiger partial charge on any atom is 0.426 e. The van der Waals surface area contributed by atoms with Crippen molar-refractivity contribution in [3.63, 3.8) is 0 Å². The van der Waals surface area contributed by atoms with E-state index >= 15 is 0 Å². The number of nitrogens with one attached hydrogen (secondary N) is 1. The zero-order chi connectivity index (χ0) is 14.1. The molecule has 0 heterocycles. The molecule has 0 radical (unpaired) electrons. The third-order valence-corrected chi connectivity index (χ3v) is 3.09. The molecule has 102 valence electrons. The summed E-state index contributed by atoms with van der Waals surface area (Å²) in [6.07, 6.45) is -0.212. The molecule has 0 saturated carbocycles. The number of carbonyl (C=O) groups is 1. The van der Waals surface area contributed by atoms with Crippen LogP contribution in [0.15, 0.2) is 0 Å². The van der Waals surface area contributed by atoms with Crippen LogP contribution in [0, 0.1) is 0 Å². The van der Waals surface area contributed by atoms with Crippen LogP contribution in [0.25, 0.3) is 0 Å². The largest absolute Gasteiger partial charge is 0.426 e. The van der Waals surface area contributed by atoms with Crippen molar-refractivity contribution in [1.82, 2.24) is 4.72 Å². The zero-order valence-electron chi connectivity index (χ0n) is 8.19. The number of aldehydes is 1. The van der Waals surface area contributed by atoms with Crippen LogP contribution in [0.1, 0.15) is 6.92 Å². The molecule has 0 spiro atoms. The average molecular weight is 287 g/mol. The summed E-state index contributed by atoms with van der Waals surface area (Å²) >= 11 is 0. The van der Waals surface area contributed by atoms with Crippen LogP contribution < -0.4 is 4.72 Å². The summed E-state index contributed by atoms with van der Waals surface area (Å²) in [4.78, 5) is 9.72. The smallest absolute Gasteiger partial charge is 0.302 e. The molecular weight excluding hydrogens is 280 g/mol. The fraction of sp³-hybridized carbons (Fsp3) is 0.833. The van der Waals surface area contributed by atoms with E-state index in [0.717, 1.165) is 4.72 Å². The van der Waals surface area contributed by atoms with Gasteiger partial charge >= 0.3 is 17.1 Å². The lowest BCUT2D eigenvalue weighted by atomic mass is 10.2. The van der Waals surface area contributed by atoms with Crippen molar-refractivity contribution in [2.45, 2.75) is 24.0 Å². The number of hydrogen-bond acceptors (Lipinski definition) is 3. The Labute approximate surface area is 92.0 Å². The Hall–Kier alpha value is -0.840. The van der Waals surface area contributed by atoms with Gasteiger partial charge in [0.25, 0.3) is 10.0 Å². The van der Waals surface area contributed by atoms with Crippen LogP contribution in [0.2, 0.25) is 0 Å². The van der Waals surface area contributed by atoms with E-state index in [9.17, 15) is 39.6 Å². The van der Waals surface area contributed by atoms with E-state index in [4.69, 9.17) is 0 Å². The maximum atomic E-state index is 12.8. The number of rotatable bonds is 6. The summed E-state index contributed by atoms with van der Waals surface area (Å²) < 4.78 is 97.5. The SMILES string of the molecule is CC(F)(F)C(F)(F)C(F)(F)S(=O)(=O)NCC=O. The highest BCUT2D eigenvalue weighted by atomic mass is 32.2. The minimum atomic E-state index is -6.12. The van der Waals surface area contributed by atoms with E-state index in [1.165, 1.54) is 0 Å². The third-order valence-electron chi connectivity index (χ3n) is 1.61. The number of alkyl halides is 6. The highest BCUT2D eigenvalue weighted by molar-refractivity contribution is 7.90. The molecule has 0 aromatic rings. The first-order valence-corrected chi connectivity index (χ1v) is 5.36. The fourth-order valence-corrected chi connectivity index (χ4v) is 1.64. The van der Waals surface area contributed by atoms with Crippen molar-refractivity contribution in [1.29, 1.82) is 0 Å². The first kappa shape index (κ1) is 16.2. The molecule has 0 amide bonds. The van der Waals surface area contributed by atoms with Gasteiger partial charge in [0.15, 0.2) is 0 Å². The minimum absolute atomic E-state index is 0.212. The normalized spacial score (nSPS) is 14.8. The molecular formula is C6H7F6NO3S. The van der Waals surface area contributed by atoms with Crippen molar-refractivity contribution in [3.05, 3.63) is 0 Å². The number of carbonyl (C=O) groups excluding carboxylic acids is 1. The van der Waals surface area contributed by atoms with Gasteiger partial charge in [-0.1, -0.05) is 0 Å². The molecule has 0 bridgehead atoms. The number of sulfonamides is 1. The highest BCUT2D eigenvalue weighted by Gasteiger charge is 2.75. The third kappa shape index (κ3) is 2.70. The molecule has 0 aromatic carbocycles. The molecule has 11 heteroatoms. The second kappa shape index (κ2) is 4.44. The van der Waals surface area contributed by atoms with Gasteiger partial charge < -0.3 is 4.79 Å². The van der Waals surface area contributed by atoms with E-state index in [0.29, 0.717) is 0 Å². The van der Waals surface area contributed by atoms with Crippen molar-refractivity contribution in [3.8, 4) is 0 Å². The van der Waals surface area contributed by atoms with E-state index in [-0.39, 0.29) is 6.29 Å². The van der Waals surface area contributed by atoms with Gasteiger partial charge in [-0.2, -0.15) is 26.3 Å². The standard InChI is InChI=1S/C6H7F6NO3S/c1-4(7,8)5(9,10)6(11,12)17(15,16)13-2-3-14/h3,13H,2H2,1H3. The molecule has 0 aliphatic carbocycles. The van der Waals surface area contributed by atoms with Crippen LogP contribution in [-0.4, -0.2) is 38.3 Å². The topological polar surface area (TPSA) is 63.2 Å². The van der Waals surface area contributed by atoms with E-state index in [1.807, 2.05) is 0 Å². The summed E-state index contributed by atoms with van der Waals surface area (Å²) in [6.45, 7) is -1.78. The molecule has 0 unspecified atom stereocenters. The number of hydrogen-bond donors (Lipinski definition) is 1. The predicted molar refractivity (Wildman–Crippen MR) is 43.5 cm³/mol. The van der Waals surface area contributed by atoms with Crippen molar-refractivity contribution in [2.24, 2.45) is 0 Å². The molecule has 4 nitrogen and oxygen atoms in total. The van der Waals surface area contributed by atoms with Crippen LogP contribution in [-0.2, 0) is 14.8 Å². The molecule has 0 aromatic heterocycles. The van der Waals surface area contributed by atoms with Crippen molar-refractivity contribution >= 4 is 16.3 Å². The minimum Gasteiger partial charge on any atom is -0.302 e. The molecule has 0 aliphatic rings. The van der Waals surface area contributed by atoms with Gasteiger partial charge in [0.1, 0.15) is 6.29 Å². The van der Waals surface area contributed by atoms with Gasteiger partial charge in [0.2, 0.25) is 0 Å². The summed E-state index contributed by atoms with van der Waals surface area (Å²) in [7, 11) is -6.11. The van der Waals surface area contributed by atoms with E-state index in [2.05, 4.69) is 0 Å². The summed E-state index contributed by atoms with van der Waals surface area (Å²) in [5.74, 6) is -11.4. The Kier molecular flexibility index (Phi) is 4.22. The molecule has 0 rings (SSSR count). The fourth-order valence-electron chi connectivity index (χ4n) is 0.659. The second-order valence-electron chi connectivity index (χ2n) is 3.00. The van der Waals surface area contributed by atoms with Gasteiger partial charge in [0, 0.05) is 6.92 Å². The van der Waals surface area contributed by atoms with Crippen molar-refractivity contribution in [2.75, 3.05) is 6.54 Å². The van der Waals surface area contributed by atoms with Crippen LogP contribution in [0.5, 0.6) is 0 Å². The lowest BCUT2D eigenvalue weighted by Crippen LogP contribution is -2.59. The Morgan fingerprint density at radius 3 is 1.82 bits per heavy atom. The predicted octanol–water partition coefficient (Wildman–Crippen LogP) is 0.988. The second-order valence-corrected chi connectivity index (χ2v) is 4.81. The lowest BCUT2D eigenvalue weighted by molar-refractivity contribution is -0.271. The van der Waals surface area contributed by atoms with Gasteiger partial charge in [-0.25, -0.2) is 13.1 Å². The molecule has 17 heavy (non-hydrogen) atoms. The average Bonchev–Trinajstić information content (AvgIpc) is 2.12. The Bertz CT molecular complexity index is 387. The molecule has 0 saturated heterocycles. The highest BCUT2D eigenvalue weighted by Crippen LogP contribution is 2.47. The maximum absolute atomic E-state index is 12.8. The van der Waals surface area contributed by atoms with E-state index in [1.54, 1.807) is 0 Å². The molecule has 0 aliphatic heterocycles. The first-order chi connectivity index (χ1) is 7.31. The van der Waals surface area contributed by atoms with Crippen LogP contribution >= 0.6 is 0 Å². The van der Waals surface area contributed by atoms with Gasteiger partial charge in [0.05, 0.1) is 6.54 Å². The summed E-state index contributed by atoms with van der Waals surface area (Å²) in [5.41, 5.74) is 0. The number of halogens is 6. The monoisotopic (exact) mass is 287 g/mol. The Morgan fingerprint density at radius 1 is 1.12 bits per heavy atom. The quantitative estimate of drug-likeness (QED) is 0.585. The summed E-state index contributed by atoms with van der Waals surface area (Å²) in [6, 6.07) is 0. The Balaban J connectivity index is 5.48. The summed E-state index contributed by atoms with van der Waals surface area (Å²) in [5, 5.41) is -6.05.